The van der Waals surface area contributed by atoms with Gasteiger partial charge in [-0.15, -0.1) is 0 Å². The molecule has 0 unspecified atom stereocenters. The van der Waals surface area contributed by atoms with Gasteiger partial charge in [0.15, 0.2) is 5.76 Å². The van der Waals surface area contributed by atoms with Crippen molar-refractivity contribution in [2.24, 2.45) is 0 Å². The summed E-state index contributed by atoms with van der Waals surface area (Å²) in [7, 11) is 0. The zero-order valence-electron chi connectivity index (χ0n) is 10.7. The van der Waals surface area contributed by atoms with Crippen molar-refractivity contribution in [2.75, 3.05) is 6.54 Å². The molecule has 0 atom stereocenters. The first-order valence-corrected chi connectivity index (χ1v) is 6.26. The van der Waals surface area contributed by atoms with E-state index in [1.165, 1.54) is 11.0 Å². The number of nitrogens with zero attached hydrogens (tertiary/aromatic N) is 2. The highest BCUT2D eigenvalue weighted by Gasteiger charge is 2.31. The topological polar surface area (TPSA) is 114 Å². The minimum Gasteiger partial charge on any atom is -0.480 e. The highest BCUT2D eigenvalue weighted by atomic mass is 16.6. The van der Waals surface area contributed by atoms with Crippen LogP contribution in [0.2, 0.25) is 0 Å². The number of furan rings is 1. The Balaban J connectivity index is 2.19. The Bertz CT molecular complexity index is 532. The lowest BCUT2D eigenvalue weighted by molar-refractivity contribution is -0.402. The lowest BCUT2D eigenvalue weighted by atomic mass is 10.2. The molecular weight excluding hydrogens is 268 g/mol. The van der Waals surface area contributed by atoms with Crippen LogP contribution in [0.4, 0.5) is 5.88 Å². The molecule has 1 heterocycles. The van der Waals surface area contributed by atoms with E-state index in [4.69, 9.17) is 9.52 Å². The number of nitro groups is 1. The van der Waals surface area contributed by atoms with E-state index in [2.05, 4.69) is 0 Å². The van der Waals surface area contributed by atoms with Crippen molar-refractivity contribution in [3.63, 3.8) is 0 Å². The zero-order valence-corrected chi connectivity index (χ0v) is 10.7. The van der Waals surface area contributed by atoms with Crippen molar-refractivity contribution in [2.45, 2.75) is 31.7 Å². The highest BCUT2D eigenvalue weighted by molar-refractivity contribution is 5.93. The molecular formula is C12H14N2O6. The van der Waals surface area contributed by atoms with Crippen molar-refractivity contribution < 1.29 is 24.0 Å². The standard InChI is InChI=1S/C12H14N2O6/c15-11(16)7-13(8-3-1-2-4-8)12(17)9-5-6-10(20-9)14(18)19/h5-6,8H,1-4,7H2,(H,15,16). The SMILES string of the molecule is O=C(O)CN(C(=O)c1ccc([N+](=O)[O-])o1)C1CCCC1. The fraction of sp³-hybridized carbons (Fsp3) is 0.500. The summed E-state index contributed by atoms with van der Waals surface area (Å²) >= 11 is 0. The van der Waals surface area contributed by atoms with Crippen LogP contribution in [0.3, 0.4) is 0 Å². The fourth-order valence-electron chi connectivity index (χ4n) is 2.41. The van der Waals surface area contributed by atoms with Crippen LogP contribution in [0.15, 0.2) is 16.5 Å². The summed E-state index contributed by atoms with van der Waals surface area (Å²) in [5, 5.41) is 19.4. The van der Waals surface area contributed by atoms with Gasteiger partial charge in [-0.25, -0.2) is 0 Å². The van der Waals surface area contributed by atoms with Crippen LogP contribution in [-0.2, 0) is 4.79 Å². The minimum absolute atomic E-state index is 0.150. The average Bonchev–Trinajstić information content (AvgIpc) is 3.05. The van der Waals surface area contributed by atoms with E-state index in [1.54, 1.807) is 0 Å². The molecule has 1 aliphatic carbocycles. The molecule has 1 fully saturated rings. The van der Waals surface area contributed by atoms with Crippen molar-refractivity contribution >= 4 is 17.8 Å². The number of hydrogen-bond acceptors (Lipinski definition) is 5. The third kappa shape index (κ3) is 2.95. The molecule has 0 bridgehead atoms. The zero-order chi connectivity index (χ0) is 14.7. The van der Waals surface area contributed by atoms with Gasteiger partial charge in [0.1, 0.15) is 11.5 Å². The summed E-state index contributed by atoms with van der Waals surface area (Å²) < 4.78 is 4.85. The Hall–Kier alpha value is -2.38. The van der Waals surface area contributed by atoms with Crippen LogP contribution in [0.25, 0.3) is 0 Å². The molecule has 8 heteroatoms. The predicted octanol–water partition coefficient (Wildman–Crippen LogP) is 1.66. The van der Waals surface area contributed by atoms with Gasteiger partial charge in [-0.05, 0) is 18.9 Å². The van der Waals surface area contributed by atoms with E-state index in [0.29, 0.717) is 0 Å². The van der Waals surface area contributed by atoms with Gasteiger partial charge in [0.2, 0.25) is 0 Å². The molecule has 8 nitrogen and oxygen atoms in total. The number of carboxylic acid groups (broad SMARTS) is 1. The predicted molar refractivity (Wildman–Crippen MR) is 66.3 cm³/mol. The number of hydrogen-bond donors (Lipinski definition) is 1. The fourth-order valence-corrected chi connectivity index (χ4v) is 2.41. The second-order valence-corrected chi connectivity index (χ2v) is 4.66. The van der Waals surface area contributed by atoms with Crippen LogP contribution in [0.5, 0.6) is 0 Å². The first-order valence-electron chi connectivity index (χ1n) is 6.26. The van der Waals surface area contributed by atoms with Gasteiger partial charge in [0.05, 0.1) is 6.07 Å². The third-order valence-corrected chi connectivity index (χ3v) is 3.31. The van der Waals surface area contributed by atoms with E-state index in [9.17, 15) is 19.7 Å². The van der Waals surface area contributed by atoms with E-state index in [0.717, 1.165) is 31.7 Å². The monoisotopic (exact) mass is 282 g/mol. The van der Waals surface area contributed by atoms with E-state index >= 15 is 0 Å². The molecule has 0 aromatic carbocycles. The molecule has 1 saturated carbocycles. The van der Waals surface area contributed by atoms with E-state index in [1.807, 2.05) is 0 Å². The Morgan fingerprint density at radius 1 is 1.40 bits per heavy atom. The van der Waals surface area contributed by atoms with Crippen LogP contribution in [0.1, 0.15) is 36.2 Å². The number of rotatable bonds is 5. The van der Waals surface area contributed by atoms with Gasteiger partial charge >= 0.3 is 11.9 Å². The Morgan fingerprint density at radius 3 is 2.55 bits per heavy atom. The minimum atomic E-state index is -1.12. The Kier molecular flexibility index (Phi) is 4.02. The molecule has 1 aromatic rings. The van der Waals surface area contributed by atoms with Gasteiger partial charge in [0, 0.05) is 6.04 Å². The molecule has 0 aliphatic heterocycles. The van der Waals surface area contributed by atoms with Gasteiger partial charge < -0.3 is 14.4 Å². The molecule has 1 N–H and O–H groups in total. The van der Waals surface area contributed by atoms with Crippen LogP contribution >= 0.6 is 0 Å². The molecule has 1 amide bonds. The van der Waals surface area contributed by atoms with Gasteiger partial charge in [0.25, 0.3) is 5.91 Å². The lowest BCUT2D eigenvalue weighted by Gasteiger charge is -2.26. The Morgan fingerprint density at radius 2 is 2.05 bits per heavy atom. The van der Waals surface area contributed by atoms with Crippen molar-refractivity contribution in [1.82, 2.24) is 4.90 Å². The number of carbonyl (C=O) groups excluding carboxylic acids is 1. The van der Waals surface area contributed by atoms with E-state index < -0.39 is 29.2 Å². The summed E-state index contributed by atoms with van der Waals surface area (Å²) in [6, 6.07) is 2.13. The highest BCUT2D eigenvalue weighted by Crippen LogP contribution is 2.26. The summed E-state index contributed by atoms with van der Waals surface area (Å²) in [6.45, 7) is -0.433. The van der Waals surface area contributed by atoms with Gasteiger partial charge in [-0.2, -0.15) is 0 Å². The molecule has 0 radical (unpaired) electrons. The van der Waals surface area contributed by atoms with Gasteiger partial charge in [-0.1, -0.05) is 12.8 Å². The normalized spacial score (nSPS) is 15.2. The van der Waals surface area contributed by atoms with Crippen LogP contribution in [-0.4, -0.2) is 39.4 Å². The molecule has 1 aliphatic rings. The lowest BCUT2D eigenvalue weighted by Crippen LogP contribution is -2.42. The van der Waals surface area contributed by atoms with Crippen LogP contribution in [0, 0.1) is 10.1 Å². The molecule has 20 heavy (non-hydrogen) atoms. The summed E-state index contributed by atoms with van der Waals surface area (Å²) in [6.07, 6.45) is 3.35. The summed E-state index contributed by atoms with van der Waals surface area (Å²) in [5.41, 5.74) is 0. The molecule has 108 valence electrons. The first-order chi connectivity index (χ1) is 9.49. The third-order valence-electron chi connectivity index (χ3n) is 3.31. The van der Waals surface area contributed by atoms with Crippen LogP contribution < -0.4 is 0 Å². The van der Waals surface area contributed by atoms with Crippen molar-refractivity contribution in [3.8, 4) is 0 Å². The molecule has 1 aromatic heterocycles. The quantitative estimate of drug-likeness (QED) is 0.648. The number of amides is 1. The smallest absolute Gasteiger partial charge is 0.433 e. The number of carboxylic acids is 1. The largest absolute Gasteiger partial charge is 0.480 e. The van der Waals surface area contributed by atoms with Crippen molar-refractivity contribution in [1.29, 1.82) is 0 Å². The summed E-state index contributed by atoms with van der Waals surface area (Å²) in [5.74, 6) is -2.47. The first kappa shape index (κ1) is 14.0. The molecule has 0 saturated heterocycles. The molecule has 2 rings (SSSR count). The second-order valence-electron chi connectivity index (χ2n) is 4.66. The molecule has 0 spiro atoms. The van der Waals surface area contributed by atoms with Crippen molar-refractivity contribution in [3.05, 3.63) is 28.0 Å². The summed E-state index contributed by atoms with van der Waals surface area (Å²) in [4.78, 5) is 34.1. The maximum absolute atomic E-state index is 12.2. The average molecular weight is 282 g/mol. The maximum Gasteiger partial charge on any atom is 0.433 e. The van der Waals surface area contributed by atoms with Gasteiger partial charge in [-0.3, -0.25) is 19.7 Å². The maximum atomic E-state index is 12.2. The second kappa shape index (κ2) is 5.72. The number of aliphatic carboxylic acids is 1. The van der Waals surface area contributed by atoms with E-state index in [-0.39, 0.29) is 11.8 Å². The number of carbonyl (C=O) groups is 2. The Labute approximate surface area is 114 Å².